The number of H-pyrrole nitrogens is 1. The zero-order valence-electron chi connectivity index (χ0n) is 18.8. The van der Waals surface area contributed by atoms with Crippen molar-refractivity contribution in [3.8, 4) is 11.5 Å². The number of halogens is 1. The highest BCUT2D eigenvalue weighted by Crippen LogP contribution is 2.21. The van der Waals surface area contributed by atoms with Crippen LogP contribution < -0.4 is 20.3 Å². The van der Waals surface area contributed by atoms with Gasteiger partial charge in [0, 0.05) is 28.7 Å². The molecule has 0 fully saturated rings. The zero-order chi connectivity index (χ0) is 24.1. The molecule has 4 aromatic rings. The molecule has 0 aliphatic carbocycles. The van der Waals surface area contributed by atoms with Crippen LogP contribution in [0, 0.1) is 5.82 Å². The van der Waals surface area contributed by atoms with Crippen LogP contribution in [0.25, 0.3) is 10.9 Å². The summed E-state index contributed by atoms with van der Waals surface area (Å²) in [5.41, 5.74) is 2.71. The van der Waals surface area contributed by atoms with Gasteiger partial charge in [-0.15, -0.1) is 0 Å². The molecule has 0 radical (unpaired) electrons. The highest BCUT2D eigenvalue weighted by molar-refractivity contribution is 7.80. The van der Waals surface area contributed by atoms with Crippen LogP contribution in [0.1, 0.15) is 11.1 Å². The third-order valence-electron chi connectivity index (χ3n) is 5.40. The Labute approximate surface area is 201 Å². The molecule has 0 aliphatic heterocycles. The Morgan fingerprint density at radius 2 is 1.62 bits per heavy atom. The van der Waals surface area contributed by atoms with Gasteiger partial charge in [-0.2, -0.15) is 0 Å². The van der Waals surface area contributed by atoms with E-state index in [1.165, 1.54) is 12.1 Å². The highest BCUT2D eigenvalue weighted by Gasteiger charge is 2.15. The smallest absolute Gasteiger partial charge is 0.253 e. The molecule has 0 amide bonds. The number of ether oxygens (including phenoxy) is 2. The molecular formula is C26H24FN3O3S. The third kappa shape index (κ3) is 5.52. The summed E-state index contributed by atoms with van der Waals surface area (Å²) in [6.45, 7) is 0.639. The monoisotopic (exact) mass is 477 g/mol. The quantitative estimate of drug-likeness (QED) is 0.362. The number of rotatable bonds is 7. The normalized spacial score (nSPS) is 10.7. The van der Waals surface area contributed by atoms with Crippen LogP contribution in [0.3, 0.4) is 0 Å². The summed E-state index contributed by atoms with van der Waals surface area (Å²) >= 11 is 5.70. The molecule has 3 aromatic carbocycles. The predicted octanol–water partition coefficient (Wildman–Crippen LogP) is 5.08. The van der Waals surface area contributed by atoms with Crippen molar-refractivity contribution in [1.29, 1.82) is 0 Å². The molecular weight excluding hydrogens is 453 g/mol. The van der Waals surface area contributed by atoms with E-state index >= 15 is 0 Å². The van der Waals surface area contributed by atoms with Crippen LogP contribution in [-0.4, -0.2) is 29.2 Å². The Morgan fingerprint density at radius 3 is 2.29 bits per heavy atom. The van der Waals surface area contributed by atoms with Gasteiger partial charge in [0.15, 0.2) is 5.11 Å². The summed E-state index contributed by atoms with van der Waals surface area (Å²) in [4.78, 5) is 17.6. The van der Waals surface area contributed by atoms with Crippen molar-refractivity contribution in [1.82, 2.24) is 9.88 Å². The fourth-order valence-electron chi connectivity index (χ4n) is 3.57. The van der Waals surface area contributed by atoms with E-state index in [-0.39, 0.29) is 17.9 Å². The number of nitrogens with zero attached hydrogens (tertiary/aromatic N) is 1. The van der Waals surface area contributed by atoms with Gasteiger partial charge in [-0.1, -0.05) is 12.1 Å². The molecule has 0 spiro atoms. The Hall–Kier alpha value is -3.91. The Kier molecular flexibility index (Phi) is 7.08. The molecule has 1 aromatic heterocycles. The highest BCUT2D eigenvalue weighted by atomic mass is 32.1. The number of hydrogen-bond acceptors (Lipinski definition) is 4. The number of methoxy groups -OCH3 is 2. The minimum atomic E-state index is -0.311. The van der Waals surface area contributed by atoms with E-state index in [1.807, 2.05) is 47.4 Å². The number of benzene rings is 3. The number of anilines is 1. The van der Waals surface area contributed by atoms with Crippen LogP contribution in [0.2, 0.25) is 0 Å². The van der Waals surface area contributed by atoms with Crippen LogP contribution in [-0.2, 0) is 13.1 Å². The van der Waals surface area contributed by atoms with Crippen molar-refractivity contribution in [2.45, 2.75) is 13.1 Å². The largest absolute Gasteiger partial charge is 0.497 e. The standard InChI is InChI=1S/C26H24FN3O3S/c1-32-22-9-7-21(8-10-22)28-26(34)30(15-17-3-5-20(27)6-4-17)16-19-13-18-14-23(33-2)11-12-24(18)29-25(19)31/h3-14H,15-16H2,1-2H3,(H,28,34)(H,29,31). The maximum Gasteiger partial charge on any atom is 0.253 e. The summed E-state index contributed by atoms with van der Waals surface area (Å²) in [5.74, 6) is 1.12. The van der Waals surface area contributed by atoms with Crippen LogP contribution in [0.4, 0.5) is 10.1 Å². The number of fused-ring (bicyclic) bond motifs is 1. The van der Waals surface area contributed by atoms with Gasteiger partial charge in [0.2, 0.25) is 0 Å². The Balaban J connectivity index is 1.64. The van der Waals surface area contributed by atoms with E-state index in [0.29, 0.717) is 23.0 Å². The van der Waals surface area contributed by atoms with Crippen molar-refractivity contribution in [2.24, 2.45) is 0 Å². The molecule has 0 saturated heterocycles. The van der Waals surface area contributed by atoms with E-state index in [4.69, 9.17) is 21.7 Å². The lowest BCUT2D eigenvalue weighted by molar-refractivity contribution is 0.410. The van der Waals surface area contributed by atoms with Gasteiger partial charge in [-0.05, 0) is 78.4 Å². The van der Waals surface area contributed by atoms with Gasteiger partial charge in [-0.3, -0.25) is 4.79 Å². The average molecular weight is 478 g/mol. The fourth-order valence-corrected chi connectivity index (χ4v) is 3.81. The molecule has 2 N–H and O–H groups in total. The lowest BCUT2D eigenvalue weighted by Crippen LogP contribution is -2.35. The van der Waals surface area contributed by atoms with E-state index < -0.39 is 0 Å². The molecule has 8 heteroatoms. The molecule has 0 unspecified atom stereocenters. The molecule has 0 bridgehead atoms. The van der Waals surface area contributed by atoms with Gasteiger partial charge in [0.05, 0.1) is 20.8 Å². The molecule has 1 heterocycles. The maximum absolute atomic E-state index is 13.4. The van der Waals surface area contributed by atoms with Crippen molar-refractivity contribution in [2.75, 3.05) is 19.5 Å². The van der Waals surface area contributed by atoms with Crippen LogP contribution >= 0.6 is 12.2 Å². The molecule has 174 valence electrons. The van der Waals surface area contributed by atoms with Gasteiger partial charge in [0.25, 0.3) is 5.56 Å². The minimum Gasteiger partial charge on any atom is -0.497 e. The number of nitrogens with one attached hydrogen (secondary N) is 2. The molecule has 0 saturated carbocycles. The number of hydrogen-bond donors (Lipinski definition) is 2. The first-order valence-corrected chi connectivity index (χ1v) is 11.0. The number of thiocarbonyl (C=S) groups is 1. The summed E-state index contributed by atoms with van der Waals surface area (Å²) in [7, 11) is 3.20. The second-order valence-electron chi connectivity index (χ2n) is 7.72. The summed E-state index contributed by atoms with van der Waals surface area (Å²) in [6, 6.07) is 20.9. The van der Waals surface area contributed by atoms with Gasteiger partial charge in [0.1, 0.15) is 17.3 Å². The van der Waals surface area contributed by atoms with Gasteiger partial charge < -0.3 is 24.7 Å². The van der Waals surface area contributed by atoms with Crippen LogP contribution in [0.15, 0.2) is 77.6 Å². The first-order chi connectivity index (χ1) is 16.4. The minimum absolute atomic E-state index is 0.200. The Bertz CT molecular complexity index is 1350. The van der Waals surface area contributed by atoms with E-state index in [9.17, 15) is 9.18 Å². The van der Waals surface area contributed by atoms with Crippen molar-refractivity contribution < 1.29 is 13.9 Å². The molecule has 0 atom stereocenters. The predicted molar refractivity (Wildman–Crippen MR) is 136 cm³/mol. The first kappa shape index (κ1) is 23.3. The topological polar surface area (TPSA) is 66.6 Å². The summed E-state index contributed by atoms with van der Waals surface area (Å²) < 4.78 is 23.9. The van der Waals surface area contributed by atoms with Gasteiger partial charge >= 0.3 is 0 Å². The van der Waals surface area contributed by atoms with Crippen molar-refractivity contribution in [3.05, 3.63) is 100 Å². The molecule has 6 nitrogen and oxygen atoms in total. The van der Waals surface area contributed by atoms with Crippen molar-refractivity contribution in [3.63, 3.8) is 0 Å². The summed E-state index contributed by atoms with van der Waals surface area (Å²) in [5, 5.41) is 4.50. The molecule has 0 aliphatic rings. The maximum atomic E-state index is 13.4. The van der Waals surface area contributed by atoms with Crippen molar-refractivity contribution >= 4 is 33.9 Å². The lowest BCUT2D eigenvalue weighted by atomic mass is 10.1. The van der Waals surface area contributed by atoms with E-state index in [0.717, 1.165) is 27.9 Å². The SMILES string of the molecule is COc1ccc(NC(=S)N(Cc2ccc(F)cc2)Cc2cc3cc(OC)ccc3[nH]c2=O)cc1. The molecule has 34 heavy (non-hydrogen) atoms. The lowest BCUT2D eigenvalue weighted by Gasteiger charge is -2.26. The van der Waals surface area contributed by atoms with Crippen LogP contribution in [0.5, 0.6) is 11.5 Å². The summed E-state index contributed by atoms with van der Waals surface area (Å²) in [6.07, 6.45) is 0. The first-order valence-electron chi connectivity index (χ1n) is 10.6. The second-order valence-corrected chi connectivity index (χ2v) is 8.10. The molecule has 4 rings (SSSR count). The van der Waals surface area contributed by atoms with Gasteiger partial charge in [-0.25, -0.2) is 4.39 Å². The second kappa shape index (κ2) is 10.4. The number of aromatic nitrogens is 1. The van der Waals surface area contributed by atoms with E-state index in [2.05, 4.69) is 10.3 Å². The van der Waals surface area contributed by atoms with E-state index in [1.54, 1.807) is 32.4 Å². The number of pyridine rings is 1. The average Bonchev–Trinajstić information content (AvgIpc) is 2.85. The fraction of sp³-hybridized carbons (Fsp3) is 0.154. The third-order valence-corrected chi connectivity index (χ3v) is 5.76. The Morgan fingerprint density at radius 1 is 0.941 bits per heavy atom. The number of aromatic amines is 1. The zero-order valence-corrected chi connectivity index (χ0v) is 19.6.